The van der Waals surface area contributed by atoms with E-state index in [-0.39, 0.29) is 18.4 Å². The Balaban J connectivity index is 0.00000218. The number of nitrogens with zero attached hydrogens (tertiary/aromatic N) is 5. The van der Waals surface area contributed by atoms with Crippen LogP contribution in [0.15, 0.2) is 79.4 Å². The molecule has 0 aliphatic rings. The first kappa shape index (κ1) is 19.8. The Morgan fingerprint density at radius 2 is 1.90 bits per heavy atom. The highest BCUT2D eigenvalue weighted by Gasteiger charge is 2.17. The quantitative estimate of drug-likeness (QED) is 0.452. The molecule has 0 saturated carbocycles. The van der Waals surface area contributed by atoms with Crippen LogP contribution in [0.4, 0.5) is 0 Å². The lowest BCUT2D eigenvalue weighted by Crippen LogP contribution is -2.18. The second kappa shape index (κ2) is 8.44. The standard InChI is InChI=1S/C22H19N7.ClH/c23-18(11-17-6-3-7-19(28-17)16-12-25-26-13-16)22-21(9-4-10-24-22)29-20-8-2-1-5-15(20)14-27-29;/h1-10,12-14,18H,11,23H2,(H,25,26);1H/t18-;/m0./s1. The number of hydrogen-bond acceptors (Lipinski definition) is 5. The van der Waals surface area contributed by atoms with Crippen LogP contribution in [0.3, 0.4) is 0 Å². The zero-order valence-electron chi connectivity index (χ0n) is 16.0. The molecule has 0 amide bonds. The van der Waals surface area contributed by atoms with Gasteiger partial charge in [0.25, 0.3) is 0 Å². The van der Waals surface area contributed by atoms with Gasteiger partial charge < -0.3 is 5.73 Å². The summed E-state index contributed by atoms with van der Waals surface area (Å²) in [5.41, 5.74) is 12.0. The van der Waals surface area contributed by atoms with E-state index >= 15 is 0 Å². The molecule has 4 aromatic heterocycles. The Kier molecular flexibility index (Phi) is 5.56. The number of rotatable bonds is 5. The first-order valence-corrected chi connectivity index (χ1v) is 9.38. The fourth-order valence-corrected chi connectivity index (χ4v) is 3.50. The number of hydrogen-bond donors (Lipinski definition) is 2. The fraction of sp³-hybridized carbons (Fsp3) is 0.0909. The molecule has 150 valence electrons. The number of fused-ring (bicyclic) bond motifs is 1. The number of H-pyrrole nitrogens is 1. The molecular weight excluding hydrogens is 398 g/mol. The van der Waals surface area contributed by atoms with Crippen LogP contribution in [0.1, 0.15) is 17.4 Å². The number of nitrogens with one attached hydrogen (secondary N) is 1. The average molecular weight is 418 g/mol. The fourth-order valence-electron chi connectivity index (χ4n) is 3.50. The summed E-state index contributed by atoms with van der Waals surface area (Å²) in [6.45, 7) is 0. The first-order valence-electron chi connectivity index (χ1n) is 9.38. The van der Waals surface area contributed by atoms with E-state index in [1.807, 2.05) is 71.7 Å². The van der Waals surface area contributed by atoms with Crippen LogP contribution < -0.4 is 5.73 Å². The van der Waals surface area contributed by atoms with Crippen molar-refractivity contribution in [2.45, 2.75) is 12.5 Å². The van der Waals surface area contributed by atoms with Crippen LogP contribution >= 0.6 is 12.4 Å². The van der Waals surface area contributed by atoms with Crippen molar-refractivity contribution in [1.82, 2.24) is 29.9 Å². The van der Waals surface area contributed by atoms with Crippen LogP contribution in [0, 0.1) is 0 Å². The Hall–Kier alpha value is -3.55. The highest BCUT2D eigenvalue weighted by atomic mass is 35.5. The summed E-state index contributed by atoms with van der Waals surface area (Å²) in [6, 6.07) is 17.6. The van der Waals surface area contributed by atoms with Gasteiger partial charge in [0, 0.05) is 35.5 Å². The average Bonchev–Trinajstić information content (AvgIpc) is 3.44. The maximum atomic E-state index is 6.58. The maximum Gasteiger partial charge on any atom is 0.0884 e. The van der Waals surface area contributed by atoms with E-state index in [1.165, 1.54) is 0 Å². The molecule has 1 atom stereocenters. The minimum Gasteiger partial charge on any atom is -0.322 e. The molecule has 0 radical (unpaired) electrons. The molecule has 0 aliphatic carbocycles. The minimum atomic E-state index is -0.318. The number of para-hydroxylation sites is 1. The Bertz CT molecular complexity index is 1260. The lowest BCUT2D eigenvalue weighted by Gasteiger charge is -2.16. The second-order valence-electron chi connectivity index (χ2n) is 6.83. The predicted octanol–water partition coefficient (Wildman–Crippen LogP) is 3.87. The van der Waals surface area contributed by atoms with Gasteiger partial charge in [-0.25, -0.2) is 4.68 Å². The van der Waals surface area contributed by atoms with Crippen LogP contribution in [0.2, 0.25) is 0 Å². The van der Waals surface area contributed by atoms with Gasteiger partial charge in [0.1, 0.15) is 0 Å². The van der Waals surface area contributed by atoms with Crippen molar-refractivity contribution in [2.24, 2.45) is 5.73 Å². The largest absolute Gasteiger partial charge is 0.322 e. The molecule has 0 aliphatic heterocycles. The molecule has 30 heavy (non-hydrogen) atoms. The third-order valence-corrected chi connectivity index (χ3v) is 4.90. The van der Waals surface area contributed by atoms with E-state index in [0.717, 1.165) is 39.2 Å². The molecule has 4 heterocycles. The van der Waals surface area contributed by atoms with E-state index < -0.39 is 0 Å². The third-order valence-electron chi connectivity index (χ3n) is 4.90. The first-order chi connectivity index (χ1) is 14.3. The summed E-state index contributed by atoms with van der Waals surface area (Å²) in [7, 11) is 0. The topological polar surface area (TPSA) is 98.3 Å². The maximum absolute atomic E-state index is 6.58. The molecule has 5 rings (SSSR count). The number of pyridine rings is 2. The third kappa shape index (κ3) is 3.68. The smallest absolute Gasteiger partial charge is 0.0884 e. The Morgan fingerprint density at radius 1 is 1.00 bits per heavy atom. The second-order valence-corrected chi connectivity index (χ2v) is 6.83. The zero-order chi connectivity index (χ0) is 19.6. The molecule has 7 nitrogen and oxygen atoms in total. The van der Waals surface area contributed by atoms with Crippen molar-refractivity contribution in [3.8, 4) is 16.9 Å². The van der Waals surface area contributed by atoms with Gasteiger partial charge >= 0.3 is 0 Å². The van der Waals surface area contributed by atoms with Crippen LogP contribution in [-0.2, 0) is 6.42 Å². The molecular formula is C22H20ClN7. The summed E-state index contributed by atoms with van der Waals surface area (Å²) in [5.74, 6) is 0. The Morgan fingerprint density at radius 3 is 2.77 bits per heavy atom. The molecule has 8 heteroatoms. The minimum absolute atomic E-state index is 0. The van der Waals surface area contributed by atoms with Crippen LogP contribution in [0.25, 0.3) is 27.8 Å². The number of benzene rings is 1. The van der Waals surface area contributed by atoms with Gasteiger partial charge in [-0.3, -0.25) is 15.1 Å². The van der Waals surface area contributed by atoms with Gasteiger partial charge in [-0.05, 0) is 30.3 Å². The summed E-state index contributed by atoms with van der Waals surface area (Å²) < 4.78 is 1.90. The normalized spacial score (nSPS) is 11.9. The van der Waals surface area contributed by atoms with Gasteiger partial charge in [-0.1, -0.05) is 24.3 Å². The Labute approximate surface area is 179 Å². The van der Waals surface area contributed by atoms with E-state index in [1.54, 1.807) is 12.4 Å². The van der Waals surface area contributed by atoms with Gasteiger partial charge in [0.2, 0.25) is 0 Å². The number of aromatic nitrogens is 6. The van der Waals surface area contributed by atoms with E-state index in [9.17, 15) is 0 Å². The van der Waals surface area contributed by atoms with Crippen molar-refractivity contribution in [2.75, 3.05) is 0 Å². The summed E-state index contributed by atoms with van der Waals surface area (Å²) in [4.78, 5) is 9.31. The predicted molar refractivity (Wildman–Crippen MR) is 119 cm³/mol. The monoisotopic (exact) mass is 417 g/mol. The lowest BCUT2D eigenvalue weighted by atomic mass is 10.1. The zero-order valence-corrected chi connectivity index (χ0v) is 16.8. The number of halogens is 1. The van der Waals surface area contributed by atoms with Gasteiger partial charge in [-0.15, -0.1) is 12.4 Å². The van der Waals surface area contributed by atoms with E-state index in [2.05, 4.69) is 20.3 Å². The molecule has 0 saturated heterocycles. The molecule has 0 fully saturated rings. The number of aromatic amines is 1. The molecule has 1 aromatic carbocycles. The summed E-state index contributed by atoms with van der Waals surface area (Å²) in [5, 5.41) is 12.4. The van der Waals surface area contributed by atoms with Gasteiger partial charge in [0.05, 0.1) is 41.0 Å². The van der Waals surface area contributed by atoms with Crippen LogP contribution in [-0.4, -0.2) is 29.9 Å². The molecule has 0 unspecified atom stereocenters. The van der Waals surface area contributed by atoms with E-state index in [0.29, 0.717) is 6.42 Å². The van der Waals surface area contributed by atoms with E-state index in [4.69, 9.17) is 10.7 Å². The summed E-state index contributed by atoms with van der Waals surface area (Å²) in [6.07, 6.45) is 7.76. The molecule has 5 aromatic rings. The van der Waals surface area contributed by atoms with Gasteiger partial charge in [-0.2, -0.15) is 10.2 Å². The highest BCUT2D eigenvalue weighted by molar-refractivity contribution is 5.85. The van der Waals surface area contributed by atoms with Crippen molar-refractivity contribution in [1.29, 1.82) is 0 Å². The van der Waals surface area contributed by atoms with Crippen molar-refractivity contribution < 1.29 is 0 Å². The van der Waals surface area contributed by atoms with Gasteiger partial charge in [0.15, 0.2) is 0 Å². The molecule has 0 bridgehead atoms. The number of nitrogens with two attached hydrogens (primary N) is 1. The molecule has 0 spiro atoms. The van der Waals surface area contributed by atoms with Crippen molar-refractivity contribution >= 4 is 23.3 Å². The SMILES string of the molecule is Cl.N[C@@H](Cc1cccc(-c2cn[nH]c2)n1)c1ncccc1-n1ncc2ccccc21. The highest BCUT2D eigenvalue weighted by Crippen LogP contribution is 2.25. The van der Waals surface area contributed by atoms with Crippen molar-refractivity contribution in [3.05, 3.63) is 90.8 Å². The van der Waals surface area contributed by atoms with Crippen LogP contribution in [0.5, 0.6) is 0 Å². The van der Waals surface area contributed by atoms with Crippen molar-refractivity contribution in [3.63, 3.8) is 0 Å². The molecule has 3 N–H and O–H groups in total. The lowest BCUT2D eigenvalue weighted by molar-refractivity contribution is 0.673. The summed E-state index contributed by atoms with van der Waals surface area (Å²) >= 11 is 0.